The van der Waals surface area contributed by atoms with Crippen LogP contribution in [0.2, 0.25) is 0 Å². The van der Waals surface area contributed by atoms with Gasteiger partial charge in [0.2, 0.25) is 0 Å². The summed E-state index contributed by atoms with van der Waals surface area (Å²) >= 11 is 0. The molecule has 0 bridgehead atoms. The lowest BCUT2D eigenvalue weighted by atomic mass is 10.0. The number of ether oxygens (including phenoxy) is 1. The molecular formula is C10H20O2. The lowest BCUT2D eigenvalue weighted by molar-refractivity contribution is -0.00984. The lowest BCUT2D eigenvalue weighted by Crippen LogP contribution is -2.20. The summed E-state index contributed by atoms with van der Waals surface area (Å²) in [6.45, 7) is 6.41. The average Bonchev–Trinajstić information content (AvgIpc) is 2.34. The van der Waals surface area contributed by atoms with Crippen molar-refractivity contribution in [1.82, 2.24) is 0 Å². The van der Waals surface area contributed by atoms with Gasteiger partial charge >= 0.3 is 0 Å². The van der Waals surface area contributed by atoms with E-state index in [0.29, 0.717) is 5.92 Å². The van der Waals surface area contributed by atoms with Gasteiger partial charge in [-0.2, -0.15) is 0 Å². The van der Waals surface area contributed by atoms with Gasteiger partial charge in [-0.3, -0.25) is 0 Å². The highest BCUT2D eigenvalue weighted by Gasteiger charge is 2.34. The molecule has 1 heterocycles. The average molecular weight is 172 g/mol. The van der Waals surface area contributed by atoms with Crippen LogP contribution in [0.5, 0.6) is 0 Å². The molecule has 12 heavy (non-hydrogen) atoms. The van der Waals surface area contributed by atoms with Gasteiger partial charge in [0.1, 0.15) is 0 Å². The summed E-state index contributed by atoms with van der Waals surface area (Å²) < 4.78 is 5.73. The summed E-state index contributed by atoms with van der Waals surface area (Å²) in [5, 5.41) is 9.61. The van der Waals surface area contributed by atoms with Crippen LogP contribution in [-0.4, -0.2) is 23.4 Å². The van der Waals surface area contributed by atoms with Crippen LogP contribution < -0.4 is 0 Å². The Morgan fingerprint density at radius 2 is 2.17 bits per heavy atom. The third kappa shape index (κ3) is 2.20. The minimum atomic E-state index is -0.225. The molecule has 0 aliphatic carbocycles. The van der Waals surface area contributed by atoms with Crippen molar-refractivity contribution in [3.05, 3.63) is 0 Å². The maximum atomic E-state index is 9.61. The second-order valence-electron chi connectivity index (χ2n) is 4.05. The molecule has 3 unspecified atom stereocenters. The van der Waals surface area contributed by atoms with E-state index in [9.17, 15) is 5.11 Å². The van der Waals surface area contributed by atoms with Crippen molar-refractivity contribution in [3.63, 3.8) is 0 Å². The number of hydrogen-bond acceptors (Lipinski definition) is 2. The van der Waals surface area contributed by atoms with Gasteiger partial charge in [-0.1, -0.05) is 27.2 Å². The number of aliphatic hydroxyl groups excluding tert-OH is 1. The van der Waals surface area contributed by atoms with Crippen molar-refractivity contribution < 1.29 is 9.84 Å². The molecule has 0 spiro atoms. The van der Waals surface area contributed by atoms with Gasteiger partial charge in [-0.25, -0.2) is 0 Å². The minimum Gasteiger partial charge on any atom is -0.390 e. The van der Waals surface area contributed by atoms with E-state index >= 15 is 0 Å². The van der Waals surface area contributed by atoms with Crippen LogP contribution in [0.15, 0.2) is 0 Å². The molecular weight excluding hydrogens is 152 g/mol. The molecule has 2 heteroatoms. The van der Waals surface area contributed by atoms with Crippen LogP contribution in [0.1, 0.15) is 40.0 Å². The third-order valence-electron chi connectivity index (χ3n) is 2.57. The first-order valence-electron chi connectivity index (χ1n) is 4.98. The first-order chi connectivity index (χ1) is 5.65. The molecule has 0 aromatic carbocycles. The normalized spacial score (nSPS) is 36.2. The van der Waals surface area contributed by atoms with Gasteiger partial charge in [-0.15, -0.1) is 0 Å². The highest BCUT2D eigenvalue weighted by molar-refractivity contribution is 4.83. The Hall–Kier alpha value is -0.0800. The van der Waals surface area contributed by atoms with Crippen molar-refractivity contribution in [3.8, 4) is 0 Å². The largest absolute Gasteiger partial charge is 0.390 e. The first-order valence-corrected chi connectivity index (χ1v) is 4.98. The summed E-state index contributed by atoms with van der Waals surface area (Å²) in [7, 11) is 0. The second kappa shape index (κ2) is 4.24. The second-order valence-corrected chi connectivity index (χ2v) is 4.05. The van der Waals surface area contributed by atoms with Crippen LogP contribution in [0.4, 0.5) is 0 Å². The standard InChI is InChI=1S/C10H20O2/c1-4-5-9-8(11)6-10(12-9)7(2)3/h7-11H,4-6H2,1-3H3. The zero-order valence-corrected chi connectivity index (χ0v) is 8.29. The fourth-order valence-corrected chi connectivity index (χ4v) is 1.73. The van der Waals surface area contributed by atoms with E-state index in [-0.39, 0.29) is 18.3 Å². The van der Waals surface area contributed by atoms with Gasteiger partial charge < -0.3 is 9.84 Å². The van der Waals surface area contributed by atoms with Crippen LogP contribution in [-0.2, 0) is 4.74 Å². The molecule has 3 atom stereocenters. The van der Waals surface area contributed by atoms with E-state index in [2.05, 4.69) is 20.8 Å². The molecule has 1 fully saturated rings. The van der Waals surface area contributed by atoms with Crippen molar-refractivity contribution >= 4 is 0 Å². The predicted molar refractivity (Wildman–Crippen MR) is 49.0 cm³/mol. The minimum absolute atomic E-state index is 0.0994. The van der Waals surface area contributed by atoms with Crippen LogP contribution in [0.25, 0.3) is 0 Å². The van der Waals surface area contributed by atoms with Crippen LogP contribution >= 0.6 is 0 Å². The van der Waals surface area contributed by atoms with Crippen molar-refractivity contribution in [1.29, 1.82) is 0 Å². The van der Waals surface area contributed by atoms with Crippen molar-refractivity contribution in [2.24, 2.45) is 5.92 Å². The van der Waals surface area contributed by atoms with E-state index in [1.54, 1.807) is 0 Å². The molecule has 1 N–H and O–H groups in total. The first kappa shape index (κ1) is 10.0. The summed E-state index contributed by atoms with van der Waals surface area (Å²) in [6.07, 6.45) is 3.05. The molecule has 1 aliphatic rings. The maximum absolute atomic E-state index is 9.61. The van der Waals surface area contributed by atoms with Gasteiger partial charge in [0.25, 0.3) is 0 Å². The smallest absolute Gasteiger partial charge is 0.0838 e. The molecule has 1 aliphatic heterocycles. The van der Waals surface area contributed by atoms with Gasteiger partial charge in [0, 0.05) is 6.42 Å². The lowest BCUT2D eigenvalue weighted by Gasteiger charge is -2.15. The van der Waals surface area contributed by atoms with Gasteiger partial charge in [0.15, 0.2) is 0 Å². The van der Waals surface area contributed by atoms with Crippen LogP contribution in [0.3, 0.4) is 0 Å². The molecule has 72 valence electrons. The zero-order valence-electron chi connectivity index (χ0n) is 8.29. The zero-order chi connectivity index (χ0) is 9.14. The predicted octanol–water partition coefficient (Wildman–Crippen LogP) is 1.96. The fourth-order valence-electron chi connectivity index (χ4n) is 1.73. The van der Waals surface area contributed by atoms with Gasteiger partial charge in [0.05, 0.1) is 18.3 Å². The molecule has 0 saturated carbocycles. The highest BCUT2D eigenvalue weighted by Crippen LogP contribution is 2.27. The topological polar surface area (TPSA) is 29.5 Å². The third-order valence-corrected chi connectivity index (χ3v) is 2.57. The number of hydrogen-bond donors (Lipinski definition) is 1. The molecule has 0 aromatic heterocycles. The SMILES string of the molecule is CCCC1OC(C(C)C)CC1O. The molecule has 0 amide bonds. The summed E-state index contributed by atoms with van der Waals surface area (Å²) in [5.74, 6) is 0.529. The van der Waals surface area contributed by atoms with Gasteiger partial charge in [-0.05, 0) is 12.3 Å². The van der Waals surface area contributed by atoms with E-state index in [0.717, 1.165) is 19.3 Å². The van der Waals surface area contributed by atoms with Crippen molar-refractivity contribution in [2.45, 2.75) is 58.3 Å². The Labute approximate surface area is 74.9 Å². The van der Waals surface area contributed by atoms with Crippen molar-refractivity contribution in [2.75, 3.05) is 0 Å². The Morgan fingerprint density at radius 3 is 2.58 bits per heavy atom. The molecule has 2 nitrogen and oxygen atoms in total. The molecule has 0 radical (unpaired) electrons. The quantitative estimate of drug-likeness (QED) is 0.705. The monoisotopic (exact) mass is 172 g/mol. The molecule has 0 aromatic rings. The van der Waals surface area contributed by atoms with E-state index in [4.69, 9.17) is 4.74 Å². The van der Waals surface area contributed by atoms with E-state index in [1.807, 2.05) is 0 Å². The van der Waals surface area contributed by atoms with E-state index < -0.39 is 0 Å². The Morgan fingerprint density at radius 1 is 1.50 bits per heavy atom. The molecule has 1 saturated heterocycles. The number of aliphatic hydroxyl groups is 1. The Kier molecular flexibility index (Phi) is 3.53. The van der Waals surface area contributed by atoms with Crippen LogP contribution in [0, 0.1) is 5.92 Å². The highest BCUT2D eigenvalue weighted by atomic mass is 16.5. The van der Waals surface area contributed by atoms with E-state index in [1.165, 1.54) is 0 Å². The molecule has 1 rings (SSSR count). The Balaban J connectivity index is 2.39. The number of rotatable bonds is 3. The Bertz CT molecular complexity index is 134. The maximum Gasteiger partial charge on any atom is 0.0838 e. The summed E-state index contributed by atoms with van der Waals surface area (Å²) in [6, 6.07) is 0. The summed E-state index contributed by atoms with van der Waals surface area (Å²) in [4.78, 5) is 0. The fraction of sp³-hybridized carbons (Fsp3) is 1.00. The summed E-state index contributed by atoms with van der Waals surface area (Å²) in [5.41, 5.74) is 0.